The molecule has 0 unspecified atom stereocenters. The van der Waals surface area contributed by atoms with Gasteiger partial charge in [0.25, 0.3) is 5.91 Å². The number of benzene rings is 1. The molecule has 0 spiro atoms. The highest BCUT2D eigenvalue weighted by atomic mass is 79.9. The number of para-hydroxylation sites is 1. The van der Waals surface area contributed by atoms with E-state index in [2.05, 4.69) is 64.4 Å². The van der Waals surface area contributed by atoms with Crippen LogP contribution in [-0.2, 0) is 19.3 Å². The second-order valence-electron chi connectivity index (χ2n) is 6.34. The fourth-order valence-electron chi connectivity index (χ4n) is 3.16. The van der Waals surface area contributed by atoms with Crippen LogP contribution in [0, 0.1) is 13.8 Å². The zero-order valence-corrected chi connectivity index (χ0v) is 17.8. The lowest BCUT2D eigenvalue weighted by atomic mass is 10.0. The Balaban J connectivity index is 2.48. The maximum atomic E-state index is 13.1. The molecule has 0 aliphatic carbocycles. The molecule has 0 bridgehead atoms. The summed E-state index contributed by atoms with van der Waals surface area (Å²) in [6.07, 6.45) is 6.59. The maximum absolute atomic E-state index is 13.1. The van der Waals surface area contributed by atoms with Gasteiger partial charge in [-0.15, -0.1) is 0 Å². The zero-order chi connectivity index (χ0) is 19.3. The van der Waals surface area contributed by atoms with Gasteiger partial charge in [0.15, 0.2) is 0 Å². The number of hydrogen-bond acceptors (Lipinski definition) is 2. The van der Waals surface area contributed by atoms with Crippen molar-refractivity contribution in [1.29, 1.82) is 0 Å². The Labute approximate surface area is 165 Å². The third-order valence-electron chi connectivity index (χ3n) is 4.64. The Morgan fingerprint density at radius 1 is 1.15 bits per heavy atom. The van der Waals surface area contributed by atoms with Crippen LogP contribution in [0.25, 0.3) is 0 Å². The summed E-state index contributed by atoms with van der Waals surface area (Å²) in [5.74, 6) is -0.112. The molecular weight excluding hydrogens is 388 g/mol. The summed E-state index contributed by atoms with van der Waals surface area (Å²) >= 11 is 3.66. The number of rotatable bonds is 6. The topological polar surface area (TPSA) is 42.0 Å². The van der Waals surface area contributed by atoms with Gasteiger partial charge in [-0.2, -0.15) is 0 Å². The minimum atomic E-state index is -0.112. The molecule has 1 N–H and O–H groups in total. The van der Waals surface area contributed by atoms with E-state index in [4.69, 9.17) is 0 Å². The number of halogens is 1. The third-order valence-corrected chi connectivity index (χ3v) is 5.52. The number of nitrogens with one attached hydrogen (secondary N) is 1. The van der Waals surface area contributed by atoms with Crippen molar-refractivity contribution in [3.8, 4) is 0 Å². The van der Waals surface area contributed by atoms with Gasteiger partial charge in [0.05, 0.1) is 11.3 Å². The van der Waals surface area contributed by atoms with Crippen molar-refractivity contribution in [3.05, 3.63) is 68.5 Å². The number of amides is 1. The number of carbonyl (C=O) groups is 1. The highest BCUT2D eigenvalue weighted by Crippen LogP contribution is 2.29. The van der Waals surface area contributed by atoms with Crippen LogP contribution in [0.1, 0.15) is 59.2 Å². The van der Waals surface area contributed by atoms with Crippen LogP contribution < -0.4 is 5.32 Å². The van der Waals surface area contributed by atoms with Gasteiger partial charge < -0.3 is 5.32 Å². The lowest BCUT2D eigenvalue weighted by Gasteiger charge is -2.17. The maximum Gasteiger partial charge on any atom is 0.258 e. The number of carbonyl (C=O) groups excluding carboxylic acids is 1. The predicted molar refractivity (Wildman–Crippen MR) is 113 cm³/mol. The van der Waals surface area contributed by atoms with Crippen LogP contribution in [0.5, 0.6) is 0 Å². The number of allylic oxidation sites excluding steroid dienone is 2. The largest absolute Gasteiger partial charge is 0.321 e. The first-order valence-electron chi connectivity index (χ1n) is 9.13. The molecule has 0 radical (unpaired) electrons. The van der Waals surface area contributed by atoms with E-state index >= 15 is 0 Å². The van der Waals surface area contributed by atoms with Crippen molar-refractivity contribution in [1.82, 2.24) is 4.98 Å². The zero-order valence-electron chi connectivity index (χ0n) is 16.2. The van der Waals surface area contributed by atoms with Crippen LogP contribution in [0.4, 0.5) is 5.69 Å². The van der Waals surface area contributed by atoms with E-state index in [0.717, 1.165) is 57.5 Å². The molecule has 26 heavy (non-hydrogen) atoms. The smallest absolute Gasteiger partial charge is 0.258 e. The van der Waals surface area contributed by atoms with E-state index in [1.807, 2.05) is 26.8 Å². The third kappa shape index (κ3) is 4.24. The van der Waals surface area contributed by atoms with Crippen LogP contribution in [0.15, 0.2) is 34.8 Å². The summed E-state index contributed by atoms with van der Waals surface area (Å²) in [5.41, 5.74) is 6.60. The number of pyridine rings is 1. The van der Waals surface area contributed by atoms with Crippen molar-refractivity contribution >= 4 is 27.5 Å². The summed E-state index contributed by atoms with van der Waals surface area (Å²) in [4.78, 5) is 17.7. The normalized spacial score (nSPS) is 11.2. The molecule has 0 aliphatic heterocycles. The summed E-state index contributed by atoms with van der Waals surface area (Å²) in [5, 5.41) is 3.15. The molecule has 3 nitrogen and oxygen atoms in total. The molecule has 2 rings (SSSR count). The summed E-state index contributed by atoms with van der Waals surface area (Å²) in [6.45, 7) is 10.1. The second-order valence-corrected chi connectivity index (χ2v) is 7.13. The van der Waals surface area contributed by atoms with Crippen LogP contribution in [0.2, 0.25) is 0 Å². The van der Waals surface area contributed by atoms with Gasteiger partial charge in [-0.3, -0.25) is 9.78 Å². The summed E-state index contributed by atoms with van der Waals surface area (Å²) in [6, 6.07) is 6.19. The van der Waals surface area contributed by atoms with Gasteiger partial charge in [-0.05, 0) is 72.7 Å². The van der Waals surface area contributed by atoms with Crippen LogP contribution in [-0.4, -0.2) is 10.9 Å². The quantitative estimate of drug-likeness (QED) is 0.592. The molecule has 0 atom stereocenters. The molecule has 1 heterocycles. The number of anilines is 1. The molecule has 2 aromatic rings. The molecule has 0 saturated carbocycles. The fraction of sp³-hybridized carbons (Fsp3) is 0.364. The SMILES string of the molecule is CC=CCc1c(C)nc(C)c(C(=O)Nc2c(CC)cccc2CC)c1Br. The van der Waals surface area contributed by atoms with Crippen LogP contribution >= 0.6 is 15.9 Å². The van der Waals surface area contributed by atoms with Gasteiger partial charge in [0.2, 0.25) is 0 Å². The average Bonchev–Trinajstić information content (AvgIpc) is 2.61. The molecule has 1 amide bonds. The molecule has 1 aromatic carbocycles. The van der Waals surface area contributed by atoms with Crippen LogP contribution in [0.3, 0.4) is 0 Å². The Kier molecular flexibility index (Phi) is 7.15. The van der Waals surface area contributed by atoms with Gasteiger partial charge in [-0.1, -0.05) is 44.2 Å². The van der Waals surface area contributed by atoms with E-state index < -0.39 is 0 Å². The van der Waals surface area contributed by atoms with E-state index in [9.17, 15) is 4.79 Å². The molecular formula is C22H27BrN2O. The molecule has 0 aliphatic rings. The molecule has 0 saturated heterocycles. The average molecular weight is 415 g/mol. The van der Waals surface area contributed by atoms with Crippen molar-refractivity contribution < 1.29 is 4.79 Å². The van der Waals surface area contributed by atoms with Gasteiger partial charge in [0.1, 0.15) is 0 Å². The lowest BCUT2D eigenvalue weighted by Crippen LogP contribution is -2.18. The number of nitrogens with zero attached hydrogens (tertiary/aromatic N) is 1. The van der Waals surface area contributed by atoms with Crippen molar-refractivity contribution in [2.45, 2.75) is 53.9 Å². The highest BCUT2D eigenvalue weighted by molar-refractivity contribution is 9.10. The minimum Gasteiger partial charge on any atom is -0.321 e. The van der Waals surface area contributed by atoms with E-state index in [1.165, 1.54) is 0 Å². The van der Waals surface area contributed by atoms with E-state index in [-0.39, 0.29) is 5.91 Å². The summed E-state index contributed by atoms with van der Waals surface area (Å²) in [7, 11) is 0. The Morgan fingerprint density at radius 3 is 2.31 bits per heavy atom. The molecule has 138 valence electrons. The number of aromatic nitrogens is 1. The van der Waals surface area contributed by atoms with Gasteiger partial charge in [0, 0.05) is 15.9 Å². The van der Waals surface area contributed by atoms with Crippen molar-refractivity contribution in [3.63, 3.8) is 0 Å². The monoisotopic (exact) mass is 414 g/mol. The van der Waals surface area contributed by atoms with Gasteiger partial charge >= 0.3 is 0 Å². The predicted octanol–water partition coefficient (Wildman–Crippen LogP) is 5.96. The fourth-order valence-corrected chi connectivity index (χ4v) is 4.08. The highest BCUT2D eigenvalue weighted by Gasteiger charge is 2.20. The lowest BCUT2D eigenvalue weighted by molar-refractivity contribution is 0.102. The molecule has 1 aromatic heterocycles. The first-order chi connectivity index (χ1) is 12.4. The minimum absolute atomic E-state index is 0.112. The second kappa shape index (κ2) is 9.13. The standard InChI is InChI=1S/C22H27BrN2O/c1-6-9-13-18-14(4)24-15(5)19(20(18)23)22(26)25-21-16(7-2)11-10-12-17(21)8-3/h6,9-12H,7-8,13H2,1-5H3,(H,25,26). The first-order valence-corrected chi connectivity index (χ1v) is 9.92. The number of hydrogen-bond donors (Lipinski definition) is 1. The molecule has 4 heteroatoms. The Bertz CT molecular complexity index is 818. The van der Waals surface area contributed by atoms with Gasteiger partial charge in [-0.25, -0.2) is 0 Å². The van der Waals surface area contributed by atoms with E-state index in [1.54, 1.807) is 0 Å². The van der Waals surface area contributed by atoms with E-state index in [0.29, 0.717) is 5.56 Å². The Morgan fingerprint density at radius 2 is 1.77 bits per heavy atom. The first kappa shape index (κ1) is 20.4. The summed E-state index contributed by atoms with van der Waals surface area (Å²) < 4.78 is 0.838. The van der Waals surface area contributed by atoms with Crippen molar-refractivity contribution in [2.75, 3.05) is 5.32 Å². The molecule has 0 fully saturated rings. The number of aryl methyl sites for hydroxylation is 4. The van der Waals surface area contributed by atoms with Crippen molar-refractivity contribution in [2.24, 2.45) is 0 Å². The Hall–Kier alpha value is -1.94.